The highest BCUT2D eigenvalue weighted by Crippen LogP contribution is 2.44. The van der Waals surface area contributed by atoms with Gasteiger partial charge in [-0.2, -0.15) is 0 Å². The van der Waals surface area contributed by atoms with Crippen LogP contribution in [-0.4, -0.2) is 31.3 Å². The van der Waals surface area contributed by atoms with Crippen LogP contribution in [0.15, 0.2) is 24.3 Å². The van der Waals surface area contributed by atoms with Gasteiger partial charge in [0.25, 0.3) is 5.91 Å². The molecule has 1 amide bonds. The van der Waals surface area contributed by atoms with Crippen LogP contribution in [0, 0.1) is 5.41 Å². The molecule has 18 heavy (non-hydrogen) atoms. The first kappa shape index (κ1) is 13.1. The Labute approximate surface area is 107 Å². The van der Waals surface area contributed by atoms with Gasteiger partial charge in [0.1, 0.15) is 0 Å². The quantitative estimate of drug-likeness (QED) is 0.799. The Kier molecular flexibility index (Phi) is 3.99. The van der Waals surface area contributed by atoms with Crippen LogP contribution >= 0.6 is 0 Å². The van der Waals surface area contributed by atoms with Crippen LogP contribution in [0.3, 0.4) is 0 Å². The maximum absolute atomic E-state index is 11.9. The van der Waals surface area contributed by atoms with Gasteiger partial charge in [0, 0.05) is 24.6 Å². The predicted octanol–water partition coefficient (Wildman–Crippen LogP) is 1.34. The van der Waals surface area contributed by atoms with Crippen molar-refractivity contribution in [2.24, 2.45) is 5.41 Å². The summed E-state index contributed by atoms with van der Waals surface area (Å²) in [7, 11) is 1.64. The lowest BCUT2D eigenvalue weighted by atomic mass is 10.1. The molecule has 98 valence electrons. The van der Waals surface area contributed by atoms with Crippen molar-refractivity contribution in [2.45, 2.75) is 19.4 Å². The van der Waals surface area contributed by atoms with Gasteiger partial charge in [0.15, 0.2) is 0 Å². The average Bonchev–Trinajstić information content (AvgIpc) is 3.18. The molecule has 0 spiro atoms. The van der Waals surface area contributed by atoms with E-state index in [-0.39, 0.29) is 17.9 Å². The molecule has 0 saturated heterocycles. The first-order valence-corrected chi connectivity index (χ1v) is 6.16. The SMILES string of the molecule is COCc1ccc(C(=O)NCC2(CO)CC2)cc1. The van der Waals surface area contributed by atoms with E-state index in [1.54, 1.807) is 19.2 Å². The summed E-state index contributed by atoms with van der Waals surface area (Å²) >= 11 is 0. The normalized spacial score (nSPS) is 16.3. The van der Waals surface area contributed by atoms with Crippen molar-refractivity contribution in [3.05, 3.63) is 35.4 Å². The highest BCUT2D eigenvalue weighted by atomic mass is 16.5. The lowest BCUT2D eigenvalue weighted by molar-refractivity contribution is 0.0935. The summed E-state index contributed by atoms with van der Waals surface area (Å²) in [5, 5.41) is 12.0. The zero-order chi connectivity index (χ0) is 13.0. The monoisotopic (exact) mass is 249 g/mol. The van der Waals surface area contributed by atoms with E-state index in [2.05, 4.69) is 5.32 Å². The molecule has 1 aliphatic carbocycles. The fourth-order valence-electron chi connectivity index (χ4n) is 1.86. The van der Waals surface area contributed by atoms with Crippen molar-refractivity contribution in [3.63, 3.8) is 0 Å². The number of hydrogen-bond acceptors (Lipinski definition) is 3. The summed E-state index contributed by atoms with van der Waals surface area (Å²) in [5.41, 5.74) is 1.64. The molecular weight excluding hydrogens is 230 g/mol. The lowest BCUT2D eigenvalue weighted by Gasteiger charge is -2.12. The van der Waals surface area contributed by atoms with Crippen molar-refractivity contribution in [1.82, 2.24) is 5.32 Å². The first-order valence-electron chi connectivity index (χ1n) is 6.16. The summed E-state index contributed by atoms with van der Waals surface area (Å²) in [6, 6.07) is 7.36. The third-order valence-corrected chi connectivity index (χ3v) is 3.44. The van der Waals surface area contributed by atoms with E-state index in [1.807, 2.05) is 12.1 Å². The highest BCUT2D eigenvalue weighted by molar-refractivity contribution is 5.94. The van der Waals surface area contributed by atoms with Gasteiger partial charge in [-0.05, 0) is 30.5 Å². The molecule has 0 radical (unpaired) electrons. The van der Waals surface area contributed by atoms with Crippen LogP contribution in [-0.2, 0) is 11.3 Å². The molecule has 1 saturated carbocycles. The number of aliphatic hydroxyl groups excluding tert-OH is 1. The van der Waals surface area contributed by atoms with E-state index in [9.17, 15) is 9.90 Å². The van der Waals surface area contributed by atoms with E-state index < -0.39 is 0 Å². The number of carbonyl (C=O) groups is 1. The smallest absolute Gasteiger partial charge is 0.251 e. The van der Waals surface area contributed by atoms with Crippen LogP contribution < -0.4 is 5.32 Å². The Balaban J connectivity index is 1.88. The van der Waals surface area contributed by atoms with Gasteiger partial charge in [0.2, 0.25) is 0 Å². The first-order chi connectivity index (χ1) is 8.69. The summed E-state index contributed by atoms with van der Waals surface area (Å²) < 4.78 is 5.01. The third kappa shape index (κ3) is 3.09. The number of hydrogen-bond donors (Lipinski definition) is 2. The molecule has 0 unspecified atom stereocenters. The second-order valence-corrected chi connectivity index (χ2v) is 4.97. The summed E-state index contributed by atoms with van der Waals surface area (Å²) in [4.78, 5) is 11.9. The maximum Gasteiger partial charge on any atom is 0.251 e. The number of rotatable bonds is 6. The predicted molar refractivity (Wildman–Crippen MR) is 68.2 cm³/mol. The van der Waals surface area contributed by atoms with Gasteiger partial charge in [-0.1, -0.05) is 12.1 Å². The molecular formula is C14H19NO3. The second-order valence-electron chi connectivity index (χ2n) is 4.97. The van der Waals surface area contributed by atoms with Gasteiger partial charge >= 0.3 is 0 Å². The highest BCUT2D eigenvalue weighted by Gasteiger charge is 2.42. The second kappa shape index (κ2) is 5.50. The van der Waals surface area contributed by atoms with E-state index in [0.29, 0.717) is 18.7 Å². The number of amides is 1. The van der Waals surface area contributed by atoms with Crippen LogP contribution in [0.5, 0.6) is 0 Å². The molecule has 0 atom stereocenters. The molecule has 1 fully saturated rings. The van der Waals surface area contributed by atoms with E-state index >= 15 is 0 Å². The molecule has 2 N–H and O–H groups in total. The standard InChI is InChI=1S/C14H19NO3/c1-18-8-11-2-4-12(5-3-11)13(17)15-9-14(10-16)6-7-14/h2-5,16H,6-10H2,1H3,(H,15,17). The zero-order valence-electron chi connectivity index (χ0n) is 10.6. The molecule has 0 aliphatic heterocycles. The van der Waals surface area contributed by atoms with Gasteiger partial charge in [0.05, 0.1) is 13.2 Å². The van der Waals surface area contributed by atoms with Crippen molar-refractivity contribution in [2.75, 3.05) is 20.3 Å². The van der Waals surface area contributed by atoms with Crippen molar-refractivity contribution in [3.8, 4) is 0 Å². The fraction of sp³-hybridized carbons (Fsp3) is 0.500. The van der Waals surface area contributed by atoms with Crippen molar-refractivity contribution < 1.29 is 14.6 Å². The fourth-order valence-corrected chi connectivity index (χ4v) is 1.86. The Hall–Kier alpha value is -1.39. The molecule has 0 heterocycles. The Bertz CT molecular complexity index is 410. The minimum absolute atomic E-state index is 0.0499. The van der Waals surface area contributed by atoms with Crippen molar-refractivity contribution >= 4 is 5.91 Å². The van der Waals surface area contributed by atoms with E-state index in [4.69, 9.17) is 4.74 Å². The van der Waals surface area contributed by atoms with Gasteiger partial charge in [-0.3, -0.25) is 4.79 Å². The zero-order valence-corrected chi connectivity index (χ0v) is 10.6. The number of benzene rings is 1. The lowest BCUT2D eigenvalue weighted by Crippen LogP contribution is -2.31. The number of carbonyl (C=O) groups excluding carboxylic acids is 1. The largest absolute Gasteiger partial charge is 0.396 e. The van der Waals surface area contributed by atoms with E-state index in [0.717, 1.165) is 18.4 Å². The summed E-state index contributed by atoms with van der Waals surface area (Å²) in [6.45, 7) is 1.26. The van der Waals surface area contributed by atoms with Crippen LogP contribution in [0.2, 0.25) is 0 Å². The minimum atomic E-state index is -0.0845. The topological polar surface area (TPSA) is 58.6 Å². The minimum Gasteiger partial charge on any atom is -0.396 e. The molecule has 4 heteroatoms. The molecule has 1 aromatic carbocycles. The Morgan fingerprint density at radius 1 is 1.39 bits per heavy atom. The van der Waals surface area contributed by atoms with Gasteiger partial charge in [-0.15, -0.1) is 0 Å². The Morgan fingerprint density at radius 2 is 2.06 bits per heavy atom. The van der Waals surface area contributed by atoms with Crippen LogP contribution in [0.4, 0.5) is 0 Å². The average molecular weight is 249 g/mol. The van der Waals surface area contributed by atoms with Gasteiger partial charge in [-0.25, -0.2) is 0 Å². The summed E-state index contributed by atoms with van der Waals surface area (Å²) in [6.07, 6.45) is 1.99. The molecule has 1 aliphatic rings. The van der Waals surface area contributed by atoms with Gasteiger partial charge < -0.3 is 15.2 Å². The summed E-state index contributed by atoms with van der Waals surface area (Å²) in [5.74, 6) is -0.0845. The number of aliphatic hydroxyl groups is 1. The molecule has 0 bridgehead atoms. The number of nitrogens with one attached hydrogen (secondary N) is 1. The van der Waals surface area contributed by atoms with Crippen LogP contribution in [0.25, 0.3) is 0 Å². The Morgan fingerprint density at radius 3 is 2.56 bits per heavy atom. The van der Waals surface area contributed by atoms with E-state index in [1.165, 1.54) is 0 Å². The molecule has 1 aromatic rings. The molecule has 2 rings (SSSR count). The van der Waals surface area contributed by atoms with Crippen molar-refractivity contribution in [1.29, 1.82) is 0 Å². The number of methoxy groups -OCH3 is 1. The number of ether oxygens (including phenoxy) is 1. The molecule has 4 nitrogen and oxygen atoms in total. The van der Waals surface area contributed by atoms with Crippen LogP contribution in [0.1, 0.15) is 28.8 Å². The third-order valence-electron chi connectivity index (χ3n) is 3.44. The molecule has 0 aromatic heterocycles. The maximum atomic E-state index is 11.9.